The number of carbonyl (C=O) groups is 1. The third-order valence-electron chi connectivity index (χ3n) is 3.68. The highest BCUT2D eigenvalue weighted by Gasteiger charge is 2.34. The lowest BCUT2D eigenvalue weighted by molar-refractivity contribution is -0.113. The Kier molecular flexibility index (Phi) is 4.07. The van der Waals surface area contributed by atoms with E-state index in [1.54, 1.807) is 36.4 Å². The zero-order valence-electron chi connectivity index (χ0n) is 12.6. The van der Waals surface area contributed by atoms with Crippen LogP contribution in [0.2, 0.25) is 5.02 Å². The molecule has 0 spiro atoms. The molecule has 2 heterocycles. The van der Waals surface area contributed by atoms with Gasteiger partial charge in [-0.05, 0) is 35.9 Å². The molecule has 4 rings (SSSR count). The molecule has 126 valence electrons. The van der Waals surface area contributed by atoms with E-state index >= 15 is 0 Å². The van der Waals surface area contributed by atoms with Gasteiger partial charge in [-0.3, -0.25) is 9.69 Å². The molecular weight excluding hydrogens is 382 g/mol. The Hall–Kier alpha value is -2.22. The van der Waals surface area contributed by atoms with E-state index in [0.717, 1.165) is 0 Å². The van der Waals surface area contributed by atoms with E-state index in [4.69, 9.17) is 33.3 Å². The van der Waals surface area contributed by atoms with Gasteiger partial charge in [0, 0.05) is 6.07 Å². The molecule has 1 fully saturated rings. The van der Waals surface area contributed by atoms with E-state index < -0.39 is 0 Å². The number of aromatic hydroxyl groups is 1. The summed E-state index contributed by atoms with van der Waals surface area (Å²) in [5, 5.41) is 9.71. The maximum Gasteiger partial charge on any atom is 0.270 e. The van der Waals surface area contributed by atoms with E-state index in [1.165, 1.54) is 22.7 Å². The summed E-state index contributed by atoms with van der Waals surface area (Å²) in [6, 6.07) is 9.98. The van der Waals surface area contributed by atoms with Gasteiger partial charge in [-0.2, -0.15) is 0 Å². The van der Waals surface area contributed by atoms with Crippen molar-refractivity contribution in [3.05, 3.63) is 51.9 Å². The second-order valence-corrected chi connectivity index (χ2v) is 7.35. The van der Waals surface area contributed by atoms with Gasteiger partial charge in [0.2, 0.25) is 6.79 Å². The van der Waals surface area contributed by atoms with Crippen LogP contribution >= 0.6 is 35.6 Å². The van der Waals surface area contributed by atoms with Crippen molar-refractivity contribution in [3.63, 3.8) is 0 Å². The SMILES string of the molecule is O=C1/C(=C\c2ccc(O)c(Cl)c2)SC(=S)N1c1ccc2c(c1)OCO2. The second-order valence-electron chi connectivity index (χ2n) is 5.27. The summed E-state index contributed by atoms with van der Waals surface area (Å²) < 4.78 is 11.1. The highest BCUT2D eigenvalue weighted by molar-refractivity contribution is 8.27. The van der Waals surface area contributed by atoms with Gasteiger partial charge in [0.25, 0.3) is 5.91 Å². The van der Waals surface area contributed by atoms with Crippen LogP contribution in [-0.4, -0.2) is 22.1 Å². The van der Waals surface area contributed by atoms with Crippen molar-refractivity contribution < 1.29 is 19.4 Å². The molecule has 1 N–H and O–H groups in total. The van der Waals surface area contributed by atoms with Crippen LogP contribution in [0.25, 0.3) is 6.08 Å². The molecule has 25 heavy (non-hydrogen) atoms. The van der Waals surface area contributed by atoms with Gasteiger partial charge >= 0.3 is 0 Å². The summed E-state index contributed by atoms with van der Waals surface area (Å²) in [5.41, 5.74) is 1.33. The molecule has 0 aliphatic carbocycles. The maximum atomic E-state index is 12.8. The summed E-state index contributed by atoms with van der Waals surface area (Å²) in [4.78, 5) is 14.7. The number of halogens is 1. The number of ether oxygens (including phenoxy) is 2. The number of phenols is 1. The first-order valence-corrected chi connectivity index (χ1v) is 8.79. The third kappa shape index (κ3) is 2.95. The number of fused-ring (bicyclic) bond motifs is 1. The van der Waals surface area contributed by atoms with E-state index in [1.807, 2.05) is 0 Å². The number of phenolic OH excluding ortho intramolecular Hbond substituents is 1. The first-order chi connectivity index (χ1) is 12.0. The molecule has 8 heteroatoms. The van der Waals surface area contributed by atoms with Crippen LogP contribution in [0.1, 0.15) is 5.56 Å². The number of thiocarbonyl (C=S) groups is 1. The van der Waals surface area contributed by atoms with E-state index in [0.29, 0.717) is 32.0 Å². The molecule has 0 aromatic heterocycles. The standard InChI is InChI=1S/C17H10ClNO4S2/c18-11-5-9(1-3-12(11)20)6-15-16(21)19(17(24)25-15)10-2-4-13-14(7-10)23-8-22-13/h1-7,20H,8H2/b15-6+. The number of hydrogen-bond acceptors (Lipinski definition) is 6. The van der Waals surface area contributed by atoms with Crippen LogP contribution in [-0.2, 0) is 4.79 Å². The Morgan fingerprint density at radius 2 is 2.00 bits per heavy atom. The summed E-state index contributed by atoms with van der Waals surface area (Å²) >= 11 is 12.5. The molecule has 0 saturated carbocycles. The minimum atomic E-state index is -0.224. The summed E-state index contributed by atoms with van der Waals surface area (Å²) in [7, 11) is 0. The number of anilines is 1. The van der Waals surface area contributed by atoms with Crippen molar-refractivity contribution in [3.8, 4) is 17.2 Å². The number of carbonyl (C=O) groups excluding carboxylic acids is 1. The summed E-state index contributed by atoms with van der Waals surface area (Å²) in [6.45, 7) is 0.165. The largest absolute Gasteiger partial charge is 0.506 e. The number of rotatable bonds is 2. The van der Waals surface area contributed by atoms with Crippen LogP contribution in [0.15, 0.2) is 41.3 Å². The van der Waals surface area contributed by atoms with Crippen molar-refractivity contribution >= 4 is 57.6 Å². The molecule has 2 aliphatic rings. The third-order valence-corrected chi connectivity index (χ3v) is 5.28. The quantitative estimate of drug-likeness (QED) is 0.612. The van der Waals surface area contributed by atoms with Gasteiger partial charge in [0.05, 0.1) is 15.6 Å². The maximum absolute atomic E-state index is 12.8. The minimum Gasteiger partial charge on any atom is -0.506 e. The van der Waals surface area contributed by atoms with E-state index in [-0.39, 0.29) is 23.5 Å². The minimum absolute atomic E-state index is 0.00766. The predicted molar refractivity (Wildman–Crippen MR) is 101 cm³/mol. The van der Waals surface area contributed by atoms with Gasteiger partial charge in [-0.15, -0.1) is 0 Å². The predicted octanol–water partition coefficient (Wildman–Crippen LogP) is 4.18. The lowest BCUT2D eigenvalue weighted by Gasteiger charge is -2.14. The molecule has 1 saturated heterocycles. The fraction of sp³-hybridized carbons (Fsp3) is 0.0588. The molecule has 0 unspecified atom stereocenters. The average molecular weight is 392 g/mol. The Morgan fingerprint density at radius 1 is 1.20 bits per heavy atom. The molecule has 2 aromatic carbocycles. The molecule has 2 aromatic rings. The summed E-state index contributed by atoms with van der Waals surface area (Å²) in [5.74, 6) is 0.995. The van der Waals surface area contributed by atoms with Gasteiger partial charge < -0.3 is 14.6 Å². The van der Waals surface area contributed by atoms with Gasteiger partial charge in [-0.1, -0.05) is 41.6 Å². The van der Waals surface area contributed by atoms with Crippen LogP contribution in [0.4, 0.5) is 5.69 Å². The van der Waals surface area contributed by atoms with Crippen molar-refractivity contribution in [2.75, 3.05) is 11.7 Å². The molecule has 0 bridgehead atoms. The van der Waals surface area contributed by atoms with Crippen LogP contribution < -0.4 is 14.4 Å². The fourth-order valence-electron chi connectivity index (χ4n) is 2.48. The second kappa shape index (κ2) is 6.25. The lowest BCUT2D eigenvalue weighted by atomic mass is 10.2. The first-order valence-electron chi connectivity index (χ1n) is 7.19. The number of nitrogens with zero attached hydrogens (tertiary/aromatic N) is 1. The lowest BCUT2D eigenvalue weighted by Crippen LogP contribution is -2.27. The monoisotopic (exact) mass is 391 g/mol. The molecule has 1 amide bonds. The van der Waals surface area contributed by atoms with E-state index in [9.17, 15) is 9.90 Å². The first kappa shape index (κ1) is 16.3. The van der Waals surface area contributed by atoms with Crippen LogP contribution in [0.3, 0.4) is 0 Å². The number of hydrogen-bond donors (Lipinski definition) is 1. The molecule has 0 atom stereocenters. The van der Waals surface area contributed by atoms with Gasteiger partial charge in [-0.25, -0.2) is 0 Å². The Balaban J connectivity index is 1.66. The molecule has 5 nitrogen and oxygen atoms in total. The molecular formula is C17H10ClNO4S2. The number of thioether (sulfide) groups is 1. The Morgan fingerprint density at radius 3 is 2.80 bits per heavy atom. The fourth-order valence-corrected chi connectivity index (χ4v) is 3.97. The topological polar surface area (TPSA) is 59.0 Å². The number of amides is 1. The van der Waals surface area contributed by atoms with Crippen LogP contribution in [0, 0.1) is 0 Å². The zero-order valence-corrected chi connectivity index (χ0v) is 15.0. The van der Waals surface area contributed by atoms with Crippen molar-refractivity contribution in [1.29, 1.82) is 0 Å². The van der Waals surface area contributed by atoms with Crippen molar-refractivity contribution in [2.45, 2.75) is 0 Å². The smallest absolute Gasteiger partial charge is 0.270 e. The molecule has 2 aliphatic heterocycles. The summed E-state index contributed by atoms with van der Waals surface area (Å²) in [6.07, 6.45) is 1.69. The van der Waals surface area contributed by atoms with Crippen molar-refractivity contribution in [2.24, 2.45) is 0 Å². The van der Waals surface area contributed by atoms with Gasteiger partial charge in [0.1, 0.15) is 5.75 Å². The normalized spacial score (nSPS) is 17.6. The van der Waals surface area contributed by atoms with Crippen LogP contribution in [0.5, 0.6) is 17.2 Å². The number of benzene rings is 2. The average Bonchev–Trinajstić information content (AvgIpc) is 3.15. The Bertz CT molecular complexity index is 944. The highest BCUT2D eigenvalue weighted by atomic mass is 35.5. The Labute approximate surface area is 157 Å². The zero-order chi connectivity index (χ0) is 17.6. The molecule has 0 radical (unpaired) electrons. The van der Waals surface area contributed by atoms with Crippen molar-refractivity contribution in [1.82, 2.24) is 0 Å². The van der Waals surface area contributed by atoms with Gasteiger partial charge in [0.15, 0.2) is 15.8 Å². The van der Waals surface area contributed by atoms with E-state index in [2.05, 4.69) is 0 Å². The highest BCUT2D eigenvalue weighted by Crippen LogP contribution is 2.41.